The Hall–Kier alpha value is -5.78. The Morgan fingerprint density at radius 2 is 1.25 bits per heavy atom. The Balaban J connectivity index is 1.16. The Kier molecular flexibility index (Phi) is 9.01. The average molecular weight is 749 g/mol. The minimum absolute atomic E-state index is 0.00672. The third-order valence-corrected chi connectivity index (χ3v) is 12.0. The van der Waals surface area contributed by atoms with Gasteiger partial charge < -0.3 is 9.80 Å². The van der Waals surface area contributed by atoms with Gasteiger partial charge in [0.1, 0.15) is 5.82 Å². The van der Waals surface area contributed by atoms with E-state index in [1.807, 2.05) is 18.0 Å². The van der Waals surface area contributed by atoms with Gasteiger partial charge in [-0.1, -0.05) is 138 Å². The second-order valence-corrected chi connectivity index (χ2v) is 18.2. The first-order valence-electron chi connectivity index (χ1n) is 19.6. The van der Waals surface area contributed by atoms with E-state index in [0.717, 1.165) is 19.0 Å². The molecule has 4 nitrogen and oxygen atoms in total. The molecule has 0 amide bonds. The highest BCUT2D eigenvalue weighted by molar-refractivity contribution is 7.99. The molecule has 0 unspecified atom stereocenters. The highest BCUT2D eigenvalue weighted by Crippen LogP contribution is 2.45. The summed E-state index contributed by atoms with van der Waals surface area (Å²) in [5.41, 5.74) is 12.4. The van der Waals surface area contributed by atoms with Crippen LogP contribution in [0.1, 0.15) is 58.2 Å². The molecule has 0 spiro atoms. The molecule has 1 aliphatic heterocycles. The van der Waals surface area contributed by atoms with E-state index in [1.165, 1.54) is 76.5 Å². The van der Waals surface area contributed by atoms with Crippen molar-refractivity contribution >= 4 is 50.6 Å². The van der Waals surface area contributed by atoms with E-state index in [4.69, 9.17) is 4.98 Å². The zero-order valence-corrected chi connectivity index (χ0v) is 33.9. The van der Waals surface area contributed by atoms with E-state index in [1.54, 1.807) is 0 Å². The van der Waals surface area contributed by atoms with Gasteiger partial charge in [-0.15, -0.1) is 0 Å². The van der Waals surface area contributed by atoms with Crippen molar-refractivity contribution in [3.8, 4) is 16.9 Å². The zero-order chi connectivity index (χ0) is 38.6. The van der Waals surface area contributed by atoms with E-state index in [0.29, 0.717) is 0 Å². The number of hydrogen-bond donors (Lipinski definition) is 0. The zero-order valence-electron chi connectivity index (χ0n) is 33.1. The van der Waals surface area contributed by atoms with Gasteiger partial charge in [0.05, 0.1) is 29.1 Å². The van der Waals surface area contributed by atoms with Crippen LogP contribution < -0.4 is 9.80 Å². The maximum absolute atomic E-state index is 4.98. The first-order chi connectivity index (χ1) is 27.0. The molecule has 9 rings (SSSR count). The van der Waals surface area contributed by atoms with E-state index in [2.05, 4.69) is 208 Å². The molecule has 5 heteroatoms. The smallest absolute Gasteiger partial charge is 0.137 e. The predicted molar refractivity (Wildman–Crippen MR) is 238 cm³/mol. The Bertz CT molecular complexity index is 2700. The van der Waals surface area contributed by atoms with Gasteiger partial charge in [0, 0.05) is 39.0 Å². The summed E-state index contributed by atoms with van der Waals surface area (Å²) in [4.78, 5) is 12.3. The van der Waals surface area contributed by atoms with Crippen LogP contribution in [0, 0.1) is 0 Å². The SMILES string of the molecule is CC(C)(C)c1ccnc(-n2c3ccc(C(C)(C)C)cc3c3ccc(Sc4cc(-c5ccccc5)cc(N5CN(Cc6ccccc6)c6ccccc65)c4)cc32)c1. The molecular weight excluding hydrogens is 701 g/mol. The lowest BCUT2D eigenvalue weighted by Gasteiger charge is -2.23. The fourth-order valence-corrected chi connectivity index (χ4v) is 8.90. The third kappa shape index (κ3) is 6.86. The first-order valence-corrected chi connectivity index (χ1v) is 20.4. The number of aromatic nitrogens is 2. The molecule has 1 aliphatic rings. The number of benzene rings is 6. The second-order valence-electron chi connectivity index (χ2n) is 17.1. The highest BCUT2D eigenvalue weighted by atomic mass is 32.2. The van der Waals surface area contributed by atoms with Gasteiger partial charge >= 0.3 is 0 Å². The average Bonchev–Trinajstić information content (AvgIpc) is 3.73. The molecule has 0 N–H and O–H groups in total. The van der Waals surface area contributed by atoms with Gasteiger partial charge in [0.2, 0.25) is 0 Å². The van der Waals surface area contributed by atoms with Gasteiger partial charge in [-0.25, -0.2) is 4.98 Å². The maximum Gasteiger partial charge on any atom is 0.137 e. The minimum Gasteiger partial charge on any atom is -0.347 e. The molecule has 6 aromatic carbocycles. The lowest BCUT2D eigenvalue weighted by molar-refractivity contribution is 0.588. The Morgan fingerprint density at radius 3 is 2.00 bits per heavy atom. The van der Waals surface area contributed by atoms with Crippen LogP contribution in [0.25, 0.3) is 38.8 Å². The molecule has 0 bridgehead atoms. The van der Waals surface area contributed by atoms with Crippen molar-refractivity contribution in [3.63, 3.8) is 0 Å². The fraction of sp³-hybridized carbons (Fsp3) is 0.196. The second kappa shape index (κ2) is 14.1. The fourth-order valence-electron chi connectivity index (χ4n) is 7.96. The van der Waals surface area contributed by atoms with Crippen molar-refractivity contribution in [2.24, 2.45) is 0 Å². The molecule has 0 saturated carbocycles. The van der Waals surface area contributed by atoms with Crippen molar-refractivity contribution in [2.75, 3.05) is 16.5 Å². The normalized spacial score (nSPS) is 13.2. The summed E-state index contributed by atoms with van der Waals surface area (Å²) < 4.78 is 2.37. The van der Waals surface area contributed by atoms with Crippen LogP contribution in [0.2, 0.25) is 0 Å². The van der Waals surface area contributed by atoms with Crippen LogP contribution in [0.15, 0.2) is 168 Å². The number of rotatable bonds is 7. The molecule has 3 heterocycles. The number of fused-ring (bicyclic) bond motifs is 4. The van der Waals surface area contributed by atoms with Crippen LogP contribution in [-0.4, -0.2) is 16.2 Å². The molecule has 278 valence electrons. The first kappa shape index (κ1) is 35.9. The number of nitrogens with zero attached hydrogens (tertiary/aromatic N) is 4. The van der Waals surface area contributed by atoms with Gasteiger partial charge in [0.25, 0.3) is 0 Å². The molecule has 0 aliphatic carbocycles. The molecule has 0 fully saturated rings. The molecule has 8 aromatic rings. The summed E-state index contributed by atoms with van der Waals surface area (Å²) in [5.74, 6) is 0.948. The summed E-state index contributed by atoms with van der Waals surface area (Å²) >= 11 is 1.82. The molecular formula is C51H48N4S. The summed E-state index contributed by atoms with van der Waals surface area (Å²) in [6.07, 6.45) is 1.96. The monoisotopic (exact) mass is 748 g/mol. The molecule has 0 atom stereocenters. The van der Waals surface area contributed by atoms with E-state index in [-0.39, 0.29) is 10.8 Å². The van der Waals surface area contributed by atoms with Crippen LogP contribution in [0.4, 0.5) is 17.1 Å². The van der Waals surface area contributed by atoms with Crippen molar-refractivity contribution in [3.05, 3.63) is 175 Å². The number of anilines is 3. The van der Waals surface area contributed by atoms with Crippen LogP contribution in [-0.2, 0) is 17.4 Å². The van der Waals surface area contributed by atoms with Crippen molar-refractivity contribution in [1.29, 1.82) is 0 Å². The molecule has 0 saturated heterocycles. The maximum atomic E-state index is 4.98. The lowest BCUT2D eigenvalue weighted by atomic mass is 9.86. The quantitative estimate of drug-likeness (QED) is 0.162. The Labute approximate surface area is 335 Å². The number of hydrogen-bond acceptors (Lipinski definition) is 4. The number of pyridine rings is 1. The highest BCUT2D eigenvalue weighted by Gasteiger charge is 2.28. The Morgan fingerprint density at radius 1 is 0.554 bits per heavy atom. The van der Waals surface area contributed by atoms with Crippen molar-refractivity contribution < 1.29 is 0 Å². The van der Waals surface area contributed by atoms with Gasteiger partial charge in [-0.2, -0.15) is 0 Å². The van der Waals surface area contributed by atoms with Crippen molar-refractivity contribution in [1.82, 2.24) is 9.55 Å². The van der Waals surface area contributed by atoms with E-state index in [9.17, 15) is 0 Å². The predicted octanol–water partition coefficient (Wildman–Crippen LogP) is 13.7. The van der Waals surface area contributed by atoms with Gasteiger partial charge in [-0.3, -0.25) is 4.57 Å². The minimum atomic E-state index is 0.00672. The van der Waals surface area contributed by atoms with Crippen LogP contribution in [0.3, 0.4) is 0 Å². The third-order valence-electron chi connectivity index (χ3n) is 11.0. The van der Waals surface area contributed by atoms with E-state index >= 15 is 0 Å². The van der Waals surface area contributed by atoms with Crippen LogP contribution in [0.5, 0.6) is 0 Å². The summed E-state index contributed by atoms with van der Waals surface area (Å²) in [6.45, 7) is 15.3. The van der Waals surface area contributed by atoms with E-state index < -0.39 is 0 Å². The lowest BCUT2D eigenvalue weighted by Crippen LogP contribution is -2.27. The van der Waals surface area contributed by atoms with Gasteiger partial charge in [0.15, 0.2) is 0 Å². The summed E-state index contributed by atoms with van der Waals surface area (Å²) in [6, 6.07) is 55.7. The van der Waals surface area contributed by atoms with Crippen molar-refractivity contribution in [2.45, 2.75) is 68.7 Å². The topological polar surface area (TPSA) is 24.3 Å². The number of para-hydroxylation sites is 2. The largest absolute Gasteiger partial charge is 0.347 e. The molecule has 56 heavy (non-hydrogen) atoms. The molecule has 2 aromatic heterocycles. The summed E-state index contributed by atoms with van der Waals surface area (Å²) in [7, 11) is 0. The van der Waals surface area contributed by atoms with Crippen LogP contribution >= 0.6 is 11.8 Å². The standard InChI is InChI=1S/C51H48N4S/c1-50(2,3)38-21-24-45-44(29-38)43-23-22-41(32-48(43)55(45)49-30-39(25-26-52-49)51(4,5)6)56-42-28-37(36-17-11-8-12-18-36)27-40(31-42)54-34-53(33-35-15-9-7-10-16-35)46-19-13-14-20-47(46)54/h7-32H,33-34H2,1-6H3. The summed E-state index contributed by atoms with van der Waals surface area (Å²) in [5, 5.41) is 2.50. The van der Waals surface area contributed by atoms with Gasteiger partial charge in [-0.05, 0) is 105 Å². The molecule has 0 radical (unpaired) electrons.